The van der Waals surface area contributed by atoms with Gasteiger partial charge < -0.3 is 5.32 Å². The van der Waals surface area contributed by atoms with E-state index in [-0.39, 0.29) is 20.6 Å². The van der Waals surface area contributed by atoms with Gasteiger partial charge in [-0.25, -0.2) is 16.8 Å². The Hall–Kier alpha value is -1.81. The van der Waals surface area contributed by atoms with Crippen LogP contribution in [0.5, 0.6) is 0 Å². The van der Waals surface area contributed by atoms with Gasteiger partial charge in [-0.05, 0) is 49.7 Å². The van der Waals surface area contributed by atoms with Crippen LogP contribution in [0.2, 0.25) is 10.0 Å². The van der Waals surface area contributed by atoms with Crippen LogP contribution in [-0.2, 0) is 24.7 Å². The van der Waals surface area contributed by atoms with Crippen LogP contribution < -0.4 is 9.62 Å². The van der Waals surface area contributed by atoms with Gasteiger partial charge in [-0.3, -0.25) is 9.10 Å². The Morgan fingerprint density at radius 2 is 1.50 bits per heavy atom. The van der Waals surface area contributed by atoms with E-state index in [9.17, 15) is 21.6 Å². The van der Waals surface area contributed by atoms with E-state index >= 15 is 0 Å². The number of nitrogens with one attached hydrogen (secondary N) is 1. The normalized spacial score (nSPS) is 14.1. The van der Waals surface area contributed by atoms with E-state index in [4.69, 9.17) is 23.2 Å². The van der Waals surface area contributed by atoms with Crippen molar-refractivity contribution in [3.63, 3.8) is 0 Å². The molecule has 2 aromatic carbocycles. The van der Waals surface area contributed by atoms with Crippen molar-refractivity contribution in [3.8, 4) is 0 Å². The highest BCUT2D eigenvalue weighted by Gasteiger charge is 2.30. The summed E-state index contributed by atoms with van der Waals surface area (Å²) in [6.07, 6.45) is 2.10. The number of amides is 1. The average Bonchev–Trinajstić information content (AvgIpc) is 2.63. The zero-order valence-corrected chi connectivity index (χ0v) is 19.9. The molecule has 0 fully saturated rings. The molecule has 0 unspecified atom stereocenters. The Kier molecular flexibility index (Phi) is 7.45. The third-order valence-electron chi connectivity index (χ3n) is 4.41. The van der Waals surface area contributed by atoms with Gasteiger partial charge in [-0.1, -0.05) is 35.3 Å². The molecule has 2 aromatic rings. The van der Waals surface area contributed by atoms with Crippen molar-refractivity contribution in [2.75, 3.05) is 16.8 Å². The van der Waals surface area contributed by atoms with Gasteiger partial charge in [0.1, 0.15) is 6.04 Å². The molecule has 1 amide bonds. The second-order valence-electron chi connectivity index (χ2n) is 6.90. The summed E-state index contributed by atoms with van der Waals surface area (Å²) in [5, 5.41) is 3.17. The van der Waals surface area contributed by atoms with Crippen LogP contribution in [0.4, 0.5) is 5.69 Å². The SMILES string of the molecule is C[C@@H](NC(=O)[C@H](C)N(c1ccc(Cl)c(Cl)c1)S(C)(=O)=O)c1ccc(S(C)(=O)=O)cc1. The summed E-state index contributed by atoms with van der Waals surface area (Å²) < 4.78 is 48.9. The summed E-state index contributed by atoms with van der Waals surface area (Å²) in [6.45, 7) is 3.17. The number of hydrogen-bond acceptors (Lipinski definition) is 5. The molecule has 164 valence electrons. The van der Waals surface area contributed by atoms with E-state index < -0.39 is 37.9 Å². The quantitative estimate of drug-likeness (QED) is 0.637. The lowest BCUT2D eigenvalue weighted by Gasteiger charge is -2.29. The maximum Gasteiger partial charge on any atom is 0.244 e. The Balaban J connectivity index is 2.25. The van der Waals surface area contributed by atoms with Crippen LogP contribution in [0.15, 0.2) is 47.4 Å². The Labute approximate surface area is 187 Å². The average molecular weight is 493 g/mol. The van der Waals surface area contributed by atoms with Gasteiger partial charge in [-0.2, -0.15) is 0 Å². The fourth-order valence-electron chi connectivity index (χ4n) is 2.85. The number of sulfonamides is 1. The fourth-order valence-corrected chi connectivity index (χ4v) is 4.94. The fraction of sp³-hybridized carbons (Fsp3) is 0.316. The number of carbonyl (C=O) groups excluding carboxylic acids is 1. The first-order valence-corrected chi connectivity index (χ1v) is 13.3. The lowest BCUT2D eigenvalue weighted by atomic mass is 10.1. The summed E-state index contributed by atoms with van der Waals surface area (Å²) in [5.41, 5.74) is 0.878. The summed E-state index contributed by atoms with van der Waals surface area (Å²) in [5.74, 6) is -0.536. The largest absolute Gasteiger partial charge is 0.348 e. The molecule has 0 radical (unpaired) electrons. The molecular weight excluding hydrogens is 471 g/mol. The molecule has 0 aliphatic heterocycles. The molecule has 2 atom stereocenters. The molecule has 7 nitrogen and oxygen atoms in total. The van der Waals surface area contributed by atoms with Crippen molar-refractivity contribution in [2.24, 2.45) is 0 Å². The second-order valence-corrected chi connectivity index (χ2v) is 11.6. The third-order valence-corrected chi connectivity index (χ3v) is 7.52. The van der Waals surface area contributed by atoms with Crippen molar-refractivity contribution >= 4 is 54.7 Å². The standard InChI is InChI=1S/C19H22Cl2N2O5S2/c1-12(14-5-8-16(9-6-14)29(3,25)26)22-19(24)13(2)23(30(4,27)28)15-7-10-17(20)18(21)11-15/h5-13H,1-4H3,(H,22,24)/t12-,13+/m1/s1. The molecule has 2 rings (SSSR count). The number of halogens is 2. The first kappa shape index (κ1) is 24.5. The number of rotatable bonds is 7. The highest BCUT2D eigenvalue weighted by molar-refractivity contribution is 7.92. The van der Waals surface area contributed by atoms with Crippen LogP contribution in [0.1, 0.15) is 25.5 Å². The highest BCUT2D eigenvalue weighted by atomic mass is 35.5. The Morgan fingerprint density at radius 3 is 1.97 bits per heavy atom. The van der Waals surface area contributed by atoms with Gasteiger partial charge in [0, 0.05) is 6.26 Å². The molecule has 30 heavy (non-hydrogen) atoms. The molecule has 0 saturated carbocycles. The molecule has 0 aliphatic rings. The summed E-state index contributed by atoms with van der Waals surface area (Å²) in [4.78, 5) is 13.0. The van der Waals surface area contributed by atoms with Gasteiger partial charge >= 0.3 is 0 Å². The topological polar surface area (TPSA) is 101 Å². The molecule has 1 N–H and O–H groups in total. The summed E-state index contributed by atoms with van der Waals surface area (Å²) >= 11 is 11.9. The molecule has 0 bridgehead atoms. The highest BCUT2D eigenvalue weighted by Crippen LogP contribution is 2.30. The van der Waals surface area contributed by atoms with Crippen LogP contribution >= 0.6 is 23.2 Å². The third kappa shape index (κ3) is 5.87. The van der Waals surface area contributed by atoms with Crippen molar-refractivity contribution in [2.45, 2.75) is 30.8 Å². The summed E-state index contributed by atoms with van der Waals surface area (Å²) in [7, 11) is -7.14. The lowest BCUT2D eigenvalue weighted by molar-refractivity contribution is -0.122. The predicted octanol–water partition coefficient (Wildman–Crippen LogP) is 3.43. The van der Waals surface area contributed by atoms with E-state index in [1.165, 1.54) is 37.3 Å². The molecule has 11 heteroatoms. The number of anilines is 1. The number of hydrogen-bond donors (Lipinski definition) is 1. The summed E-state index contributed by atoms with van der Waals surface area (Å²) in [6, 6.07) is 8.84. The maximum atomic E-state index is 12.8. The first-order valence-electron chi connectivity index (χ1n) is 8.76. The molecule has 0 aromatic heterocycles. The van der Waals surface area contributed by atoms with Gasteiger partial charge in [0.15, 0.2) is 9.84 Å². The number of benzene rings is 2. The lowest BCUT2D eigenvalue weighted by Crippen LogP contribution is -2.48. The van der Waals surface area contributed by atoms with Crippen LogP contribution in [-0.4, -0.2) is 41.3 Å². The van der Waals surface area contributed by atoms with Gasteiger partial charge in [-0.15, -0.1) is 0 Å². The minimum atomic E-state index is -3.81. The van der Waals surface area contributed by atoms with Crippen molar-refractivity contribution in [3.05, 3.63) is 58.1 Å². The number of carbonyl (C=O) groups is 1. The van der Waals surface area contributed by atoms with E-state index in [0.29, 0.717) is 5.56 Å². The van der Waals surface area contributed by atoms with Crippen molar-refractivity contribution in [1.29, 1.82) is 0 Å². The van der Waals surface area contributed by atoms with Gasteiger partial charge in [0.25, 0.3) is 0 Å². The molecule has 0 saturated heterocycles. The number of sulfone groups is 1. The Bertz CT molecular complexity index is 1150. The molecule has 0 spiro atoms. The molecular formula is C19H22Cl2N2O5S2. The van der Waals surface area contributed by atoms with E-state index in [2.05, 4.69) is 5.32 Å². The monoisotopic (exact) mass is 492 g/mol. The van der Waals surface area contributed by atoms with Crippen LogP contribution in [0.25, 0.3) is 0 Å². The van der Waals surface area contributed by atoms with Crippen LogP contribution in [0, 0.1) is 0 Å². The van der Waals surface area contributed by atoms with E-state index in [1.807, 2.05) is 0 Å². The predicted molar refractivity (Wildman–Crippen MR) is 119 cm³/mol. The zero-order chi connectivity index (χ0) is 22.9. The zero-order valence-electron chi connectivity index (χ0n) is 16.8. The molecule has 0 aliphatic carbocycles. The Morgan fingerprint density at radius 1 is 0.933 bits per heavy atom. The van der Waals surface area contributed by atoms with E-state index in [1.54, 1.807) is 19.1 Å². The van der Waals surface area contributed by atoms with Gasteiger partial charge in [0.2, 0.25) is 15.9 Å². The van der Waals surface area contributed by atoms with Crippen molar-refractivity contribution < 1.29 is 21.6 Å². The van der Waals surface area contributed by atoms with Gasteiger partial charge in [0.05, 0.1) is 32.9 Å². The van der Waals surface area contributed by atoms with Crippen LogP contribution in [0.3, 0.4) is 0 Å². The number of nitrogens with zero attached hydrogens (tertiary/aromatic N) is 1. The first-order chi connectivity index (χ1) is 13.7. The maximum absolute atomic E-state index is 12.8. The van der Waals surface area contributed by atoms with Crippen molar-refractivity contribution in [1.82, 2.24) is 5.32 Å². The second kappa shape index (κ2) is 9.13. The van der Waals surface area contributed by atoms with E-state index in [0.717, 1.165) is 16.8 Å². The minimum absolute atomic E-state index is 0.162. The minimum Gasteiger partial charge on any atom is -0.348 e. The molecule has 0 heterocycles. The smallest absolute Gasteiger partial charge is 0.244 e.